The lowest BCUT2D eigenvalue weighted by Gasteiger charge is -2.22. The van der Waals surface area contributed by atoms with E-state index in [0.717, 1.165) is 16.9 Å². The van der Waals surface area contributed by atoms with Crippen LogP contribution in [0.15, 0.2) is 72.8 Å². The number of nitrogens with zero attached hydrogens (tertiary/aromatic N) is 2. The number of anilines is 3. The van der Waals surface area contributed by atoms with E-state index in [-0.39, 0.29) is 11.9 Å². The molecule has 0 bridgehead atoms. The van der Waals surface area contributed by atoms with Gasteiger partial charge in [0.1, 0.15) is 0 Å². The van der Waals surface area contributed by atoms with Crippen LogP contribution in [0.2, 0.25) is 0 Å². The number of methoxy groups -OCH3 is 1. The molecule has 0 radical (unpaired) electrons. The summed E-state index contributed by atoms with van der Waals surface area (Å²) in [6.45, 7) is 0. The average molecular weight is 471 g/mol. The summed E-state index contributed by atoms with van der Waals surface area (Å²) in [7, 11) is 6.43. The first-order valence-electron chi connectivity index (χ1n) is 11.0. The number of nitrogens with one attached hydrogen (secondary N) is 2. The molecule has 4 rings (SSSR count). The van der Waals surface area contributed by atoms with Gasteiger partial charge in [0.15, 0.2) is 0 Å². The Balaban J connectivity index is 1.75. The third-order valence-electron chi connectivity index (χ3n) is 5.69. The molecular formula is C27H26N4O4. The van der Waals surface area contributed by atoms with Crippen LogP contribution < -0.4 is 15.5 Å². The summed E-state index contributed by atoms with van der Waals surface area (Å²) < 4.78 is 4.80. The van der Waals surface area contributed by atoms with Crippen LogP contribution in [-0.2, 0) is 9.53 Å². The topological polar surface area (TPSA) is 91.0 Å². The zero-order valence-electron chi connectivity index (χ0n) is 20.0. The van der Waals surface area contributed by atoms with Crippen molar-refractivity contribution in [2.24, 2.45) is 0 Å². The fraction of sp³-hybridized carbons (Fsp3) is 0.148. The molecule has 1 aliphatic rings. The van der Waals surface area contributed by atoms with E-state index in [9.17, 15) is 14.4 Å². The number of esters is 1. The molecule has 0 spiro atoms. The van der Waals surface area contributed by atoms with Gasteiger partial charge in [-0.25, -0.2) is 9.59 Å². The zero-order valence-corrected chi connectivity index (χ0v) is 20.0. The molecule has 3 aromatic carbocycles. The second-order valence-corrected chi connectivity index (χ2v) is 8.23. The number of urea groups is 1. The van der Waals surface area contributed by atoms with E-state index in [0.29, 0.717) is 28.1 Å². The summed E-state index contributed by atoms with van der Waals surface area (Å²) in [5, 5.41) is 6.25. The van der Waals surface area contributed by atoms with E-state index >= 15 is 0 Å². The lowest BCUT2D eigenvalue weighted by Crippen LogP contribution is -2.36. The Kier molecular flexibility index (Phi) is 6.55. The fourth-order valence-electron chi connectivity index (χ4n) is 3.87. The number of carbonyl (C=O) groups is 3. The Hall–Kier alpha value is -4.59. The highest BCUT2D eigenvalue weighted by atomic mass is 16.5. The normalized spacial score (nSPS) is 13.4. The molecule has 0 unspecified atom stereocenters. The van der Waals surface area contributed by atoms with Gasteiger partial charge in [-0.05, 0) is 42.0 Å². The number of carbonyl (C=O) groups excluding carboxylic acids is 3. The molecule has 8 nitrogen and oxygen atoms in total. The quantitative estimate of drug-likeness (QED) is 0.423. The van der Waals surface area contributed by atoms with Crippen molar-refractivity contribution >= 4 is 46.2 Å². The number of hydrogen-bond acceptors (Lipinski definition) is 5. The predicted molar refractivity (Wildman–Crippen MR) is 137 cm³/mol. The van der Waals surface area contributed by atoms with E-state index in [2.05, 4.69) is 10.6 Å². The number of benzene rings is 3. The van der Waals surface area contributed by atoms with Crippen LogP contribution in [0, 0.1) is 0 Å². The van der Waals surface area contributed by atoms with Crippen molar-refractivity contribution in [3.63, 3.8) is 0 Å². The van der Waals surface area contributed by atoms with Crippen molar-refractivity contribution in [1.29, 1.82) is 0 Å². The number of amides is 3. The standard InChI is InChI=1S/C27H26N4O4/c1-30(2)27(34)31(3)20-13-11-19(12-14-20)28-24(17-8-6-5-7-9-17)23-21-15-10-18(26(33)35-4)16-22(21)29-25(23)32/h5-16,28H,1-4H3,(H,29,32)/b24-23-. The lowest BCUT2D eigenvalue weighted by atomic mass is 9.99. The second kappa shape index (κ2) is 9.72. The van der Waals surface area contributed by atoms with Gasteiger partial charge in [0.05, 0.1) is 29.6 Å². The van der Waals surface area contributed by atoms with Gasteiger partial charge >= 0.3 is 12.0 Å². The largest absolute Gasteiger partial charge is 0.465 e. The third-order valence-corrected chi connectivity index (χ3v) is 5.69. The Morgan fingerprint density at radius 2 is 1.57 bits per heavy atom. The molecule has 3 aromatic rings. The van der Waals surface area contributed by atoms with E-state index in [1.807, 2.05) is 54.6 Å². The van der Waals surface area contributed by atoms with Gasteiger partial charge in [0.25, 0.3) is 5.91 Å². The smallest absolute Gasteiger partial charge is 0.337 e. The maximum atomic E-state index is 13.1. The Morgan fingerprint density at radius 1 is 0.886 bits per heavy atom. The molecule has 0 fully saturated rings. The van der Waals surface area contributed by atoms with Crippen molar-refractivity contribution in [3.8, 4) is 0 Å². The molecule has 35 heavy (non-hydrogen) atoms. The molecule has 1 aliphatic heterocycles. The van der Waals surface area contributed by atoms with Crippen molar-refractivity contribution in [3.05, 3.63) is 89.5 Å². The Bertz CT molecular complexity index is 1310. The summed E-state index contributed by atoms with van der Waals surface area (Å²) in [6, 6.07) is 21.8. The Labute approximate surface area is 203 Å². The maximum Gasteiger partial charge on any atom is 0.337 e. The molecule has 2 N–H and O–H groups in total. The SMILES string of the molecule is COC(=O)c1ccc2c(c1)NC(=O)/C2=C(\Nc1ccc(N(C)C(=O)N(C)C)cc1)c1ccccc1. The van der Waals surface area contributed by atoms with E-state index < -0.39 is 5.97 Å². The van der Waals surface area contributed by atoms with Gasteiger partial charge in [-0.1, -0.05) is 36.4 Å². The van der Waals surface area contributed by atoms with Crippen molar-refractivity contribution in [1.82, 2.24) is 4.90 Å². The molecule has 8 heteroatoms. The maximum absolute atomic E-state index is 13.1. The first-order valence-corrected chi connectivity index (χ1v) is 11.0. The van der Waals surface area contributed by atoms with E-state index in [1.54, 1.807) is 44.2 Å². The number of ether oxygens (including phenoxy) is 1. The molecule has 178 valence electrons. The van der Waals surface area contributed by atoms with Crippen LogP contribution in [0.5, 0.6) is 0 Å². The van der Waals surface area contributed by atoms with Gasteiger partial charge < -0.3 is 20.3 Å². The molecule has 0 atom stereocenters. The summed E-state index contributed by atoms with van der Waals surface area (Å²) in [4.78, 5) is 40.4. The van der Waals surface area contributed by atoms with Crippen LogP contribution in [0.1, 0.15) is 21.5 Å². The van der Waals surface area contributed by atoms with Crippen LogP contribution in [-0.4, -0.2) is 51.1 Å². The minimum Gasteiger partial charge on any atom is -0.465 e. The van der Waals surface area contributed by atoms with Crippen molar-refractivity contribution in [2.45, 2.75) is 0 Å². The summed E-state index contributed by atoms with van der Waals surface area (Å²) in [5.74, 6) is -0.750. The number of rotatable bonds is 5. The van der Waals surface area contributed by atoms with Gasteiger partial charge in [-0.3, -0.25) is 9.69 Å². The molecule has 0 saturated carbocycles. The fourth-order valence-corrected chi connectivity index (χ4v) is 3.87. The van der Waals surface area contributed by atoms with Crippen LogP contribution in [0.4, 0.5) is 21.9 Å². The zero-order chi connectivity index (χ0) is 25.1. The van der Waals surface area contributed by atoms with Gasteiger partial charge in [0, 0.05) is 38.1 Å². The average Bonchev–Trinajstić information content (AvgIpc) is 3.21. The number of fused-ring (bicyclic) bond motifs is 1. The first kappa shape index (κ1) is 23.6. The molecule has 0 aliphatic carbocycles. The molecular weight excluding hydrogens is 444 g/mol. The minimum atomic E-state index is -0.473. The first-order chi connectivity index (χ1) is 16.8. The van der Waals surface area contributed by atoms with E-state index in [4.69, 9.17) is 4.74 Å². The molecule has 1 heterocycles. The van der Waals surface area contributed by atoms with Crippen molar-refractivity contribution in [2.75, 3.05) is 43.8 Å². The highest BCUT2D eigenvalue weighted by molar-refractivity contribution is 6.37. The van der Waals surface area contributed by atoms with Crippen LogP contribution in [0.3, 0.4) is 0 Å². The third kappa shape index (κ3) is 4.72. The van der Waals surface area contributed by atoms with E-state index in [1.165, 1.54) is 12.0 Å². The summed E-state index contributed by atoms with van der Waals surface area (Å²) in [6.07, 6.45) is 0. The van der Waals surface area contributed by atoms with Gasteiger partial charge in [-0.2, -0.15) is 0 Å². The predicted octanol–water partition coefficient (Wildman–Crippen LogP) is 4.52. The second-order valence-electron chi connectivity index (χ2n) is 8.23. The minimum absolute atomic E-state index is 0.136. The van der Waals surface area contributed by atoms with Crippen molar-refractivity contribution < 1.29 is 19.1 Å². The molecule has 0 aromatic heterocycles. The van der Waals surface area contributed by atoms with Gasteiger partial charge in [0.2, 0.25) is 0 Å². The Morgan fingerprint density at radius 3 is 2.20 bits per heavy atom. The lowest BCUT2D eigenvalue weighted by molar-refractivity contribution is -0.110. The molecule has 3 amide bonds. The van der Waals surface area contributed by atoms with Crippen LogP contribution >= 0.6 is 0 Å². The molecule has 0 saturated heterocycles. The van der Waals surface area contributed by atoms with Crippen LogP contribution in [0.25, 0.3) is 11.3 Å². The van der Waals surface area contributed by atoms with Gasteiger partial charge in [-0.15, -0.1) is 0 Å². The highest BCUT2D eigenvalue weighted by Crippen LogP contribution is 2.38. The highest BCUT2D eigenvalue weighted by Gasteiger charge is 2.29. The number of hydrogen-bond donors (Lipinski definition) is 2. The monoisotopic (exact) mass is 470 g/mol. The summed E-state index contributed by atoms with van der Waals surface area (Å²) in [5.41, 5.74) is 4.98. The summed E-state index contributed by atoms with van der Waals surface area (Å²) >= 11 is 0.